The Morgan fingerprint density at radius 2 is 2.00 bits per heavy atom. The number of nitrogens with one attached hydrogen (secondary N) is 1. The maximum Gasteiger partial charge on any atom is 0.290 e. The molecule has 25 heavy (non-hydrogen) atoms. The Bertz CT molecular complexity index is 676. The van der Waals surface area contributed by atoms with Crippen molar-refractivity contribution in [1.29, 1.82) is 0 Å². The van der Waals surface area contributed by atoms with Crippen molar-refractivity contribution in [2.24, 2.45) is 11.8 Å². The minimum absolute atomic E-state index is 0.175. The third-order valence-electron chi connectivity index (χ3n) is 4.04. The van der Waals surface area contributed by atoms with Crippen molar-refractivity contribution in [3.8, 4) is 0 Å². The van der Waals surface area contributed by atoms with Gasteiger partial charge in [0.2, 0.25) is 11.7 Å². The molecule has 1 aliphatic rings. The molecule has 1 unspecified atom stereocenters. The first kappa shape index (κ1) is 19.7. The molecule has 1 N–H and O–H groups in total. The molecule has 2 rings (SSSR count). The number of hydrogen-bond acceptors (Lipinski definition) is 3. The summed E-state index contributed by atoms with van der Waals surface area (Å²) in [5.41, 5.74) is 1.03. The van der Waals surface area contributed by atoms with E-state index >= 15 is 0 Å². The topological polar surface area (TPSA) is 66.5 Å². The summed E-state index contributed by atoms with van der Waals surface area (Å²) in [5, 5.41) is 3.76. The molecule has 0 aliphatic carbocycles. The van der Waals surface area contributed by atoms with E-state index in [0.717, 1.165) is 12.0 Å². The monoisotopic (exact) mass is 384 g/mol. The minimum Gasteiger partial charge on any atom is -0.355 e. The predicted octanol–water partition coefficient (Wildman–Crippen LogP) is 2.73. The van der Waals surface area contributed by atoms with Gasteiger partial charge < -0.3 is 10.2 Å². The van der Waals surface area contributed by atoms with E-state index < -0.39 is 17.6 Å². The Hall–Kier alpha value is -1.59. The van der Waals surface area contributed by atoms with Crippen LogP contribution in [0.2, 0.25) is 10.0 Å². The first-order valence-electron chi connectivity index (χ1n) is 8.34. The van der Waals surface area contributed by atoms with Crippen LogP contribution in [0.5, 0.6) is 0 Å². The van der Waals surface area contributed by atoms with Gasteiger partial charge in [0.1, 0.15) is 5.92 Å². The summed E-state index contributed by atoms with van der Waals surface area (Å²) in [4.78, 5) is 37.5. The van der Waals surface area contributed by atoms with E-state index in [1.54, 1.807) is 12.1 Å². The molecule has 1 aliphatic heterocycles. The van der Waals surface area contributed by atoms with E-state index in [9.17, 15) is 14.4 Å². The number of nitrogens with zero attached hydrogens (tertiary/aromatic N) is 1. The van der Waals surface area contributed by atoms with E-state index in [1.807, 2.05) is 19.9 Å². The summed E-state index contributed by atoms with van der Waals surface area (Å²) < 4.78 is 0. The molecule has 2 amide bonds. The van der Waals surface area contributed by atoms with Gasteiger partial charge in [0.25, 0.3) is 5.91 Å². The fourth-order valence-corrected chi connectivity index (χ4v) is 3.13. The van der Waals surface area contributed by atoms with Crippen LogP contribution in [-0.4, -0.2) is 42.1 Å². The van der Waals surface area contributed by atoms with Gasteiger partial charge in [-0.05, 0) is 36.5 Å². The second-order valence-corrected chi connectivity index (χ2v) is 7.48. The molecular formula is C18H22Cl2N2O3. The number of halogens is 2. The fourth-order valence-electron chi connectivity index (χ4n) is 2.81. The third-order valence-corrected chi connectivity index (χ3v) is 4.78. The second-order valence-electron chi connectivity index (χ2n) is 6.66. The van der Waals surface area contributed by atoms with Crippen LogP contribution in [0.25, 0.3) is 0 Å². The molecule has 1 aromatic rings. The molecule has 7 heteroatoms. The summed E-state index contributed by atoms with van der Waals surface area (Å²) in [6.07, 6.45) is 1.43. The largest absolute Gasteiger partial charge is 0.355 e. The Morgan fingerprint density at radius 1 is 1.28 bits per heavy atom. The highest BCUT2D eigenvalue weighted by Gasteiger charge is 2.42. The SMILES string of the molecule is CC(C)CN1CC(C(=O)NCCCc2ccc(Cl)c(Cl)c2)C(=O)C1=O. The Balaban J connectivity index is 1.79. The third kappa shape index (κ3) is 5.19. The molecule has 136 valence electrons. The van der Waals surface area contributed by atoms with Gasteiger partial charge in [-0.2, -0.15) is 0 Å². The maximum absolute atomic E-state index is 12.2. The Morgan fingerprint density at radius 3 is 2.64 bits per heavy atom. The molecule has 1 atom stereocenters. The van der Waals surface area contributed by atoms with Crippen molar-refractivity contribution in [2.75, 3.05) is 19.6 Å². The predicted molar refractivity (Wildman–Crippen MR) is 97.7 cm³/mol. The zero-order valence-electron chi connectivity index (χ0n) is 14.4. The molecule has 0 saturated carbocycles. The standard InChI is InChI=1S/C18H22Cl2N2O3/c1-11(2)9-22-10-13(16(23)18(22)25)17(24)21-7-3-4-12-5-6-14(19)15(20)8-12/h5-6,8,11,13H,3-4,7,9-10H2,1-2H3,(H,21,24). The summed E-state index contributed by atoms with van der Waals surface area (Å²) in [6.45, 7) is 5.03. The number of Topliss-reactive ketones (excluding diaryl/α,β-unsaturated/α-hetero) is 1. The number of aryl methyl sites for hydroxylation is 1. The first-order chi connectivity index (χ1) is 11.8. The lowest BCUT2D eigenvalue weighted by Gasteiger charge is -2.17. The molecule has 0 aromatic heterocycles. The smallest absolute Gasteiger partial charge is 0.290 e. The molecule has 1 heterocycles. The van der Waals surface area contributed by atoms with Crippen LogP contribution >= 0.6 is 23.2 Å². The van der Waals surface area contributed by atoms with E-state index in [0.29, 0.717) is 29.6 Å². The summed E-state index contributed by atoms with van der Waals surface area (Å²) in [7, 11) is 0. The van der Waals surface area contributed by atoms with Crippen LogP contribution in [0, 0.1) is 11.8 Å². The van der Waals surface area contributed by atoms with Crippen LogP contribution in [0.1, 0.15) is 25.8 Å². The number of likely N-dealkylation sites (tertiary alicyclic amines) is 1. The highest BCUT2D eigenvalue weighted by molar-refractivity contribution is 6.42. The molecule has 0 radical (unpaired) electrons. The number of benzene rings is 1. The average molecular weight is 385 g/mol. The van der Waals surface area contributed by atoms with Crippen LogP contribution in [0.3, 0.4) is 0 Å². The van der Waals surface area contributed by atoms with Crippen molar-refractivity contribution in [2.45, 2.75) is 26.7 Å². The summed E-state index contributed by atoms with van der Waals surface area (Å²) >= 11 is 11.8. The molecule has 1 fully saturated rings. The molecule has 1 saturated heterocycles. The van der Waals surface area contributed by atoms with Crippen molar-refractivity contribution in [1.82, 2.24) is 10.2 Å². The van der Waals surface area contributed by atoms with Gasteiger partial charge >= 0.3 is 0 Å². The molecule has 0 spiro atoms. The van der Waals surface area contributed by atoms with Crippen LogP contribution in [0.4, 0.5) is 0 Å². The number of carbonyl (C=O) groups is 3. The van der Waals surface area contributed by atoms with Crippen LogP contribution in [0.15, 0.2) is 18.2 Å². The lowest BCUT2D eigenvalue weighted by atomic mass is 10.1. The lowest BCUT2D eigenvalue weighted by Crippen LogP contribution is -2.36. The summed E-state index contributed by atoms with van der Waals surface area (Å²) in [6, 6.07) is 5.43. The normalized spacial score (nSPS) is 17.5. The highest BCUT2D eigenvalue weighted by Crippen LogP contribution is 2.23. The molecular weight excluding hydrogens is 363 g/mol. The van der Waals surface area contributed by atoms with Gasteiger partial charge in [-0.15, -0.1) is 0 Å². The Labute approximate surface area is 157 Å². The number of carbonyl (C=O) groups excluding carboxylic acids is 3. The van der Waals surface area contributed by atoms with Gasteiger partial charge in [0.15, 0.2) is 0 Å². The molecule has 5 nitrogen and oxygen atoms in total. The second kappa shape index (κ2) is 8.68. The lowest BCUT2D eigenvalue weighted by molar-refractivity contribution is -0.142. The van der Waals surface area contributed by atoms with Gasteiger partial charge in [0.05, 0.1) is 10.0 Å². The van der Waals surface area contributed by atoms with Crippen molar-refractivity contribution in [3.63, 3.8) is 0 Å². The molecule has 0 bridgehead atoms. The van der Waals surface area contributed by atoms with E-state index in [-0.39, 0.29) is 18.4 Å². The Kier molecular flexibility index (Phi) is 6.85. The van der Waals surface area contributed by atoms with Crippen LogP contribution < -0.4 is 5.32 Å². The van der Waals surface area contributed by atoms with Crippen molar-refractivity contribution >= 4 is 40.8 Å². The zero-order chi connectivity index (χ0) is 18.6. The van der Waals surface area contributed by atoms with Gasteiger partial charge in [-0.3, -0.25) is 14.4 Å². The maximum atomic E-state index is 12.2. The zero-order valence-corrected chi connectivity index (χ0v) is 15.9. The van der Waals surface area contributed by atoms with E-state index in [2.05, 4.69) is 5.32 Å². The first-order valence-corrected chi connectivity index (χ1v) is 9.10. The number of ketones is 1. The van der Waals surface area contributed by atoms with Gasteiger partial charge in [-0.25, -0.2) is 0 Å². The quantitative estimate of drug-likeness (QED) is 0.446. The van der Waals surface area contributed by atoms with Gasteiger partial charge in [0, 0.05) is 19.6 Å². The summed E-state index contributed by atoms with van der Waals surface area (Å²) in [5.74, 6) is -2.17. The minimum atomic E-state index is -0.892. The number of amides is 2. The average Bonchev–Trinajstić information content (AvgIpc) is 2.82. The van der Waals surface area contributed by atoms with Gasteiger partial charge in [-0.1, -0.05) is 43.1 Å². The van der Waals surface area contributed by atoms with Crippen molar-refractivity contribution < 1.29 is 14.4 Å². The van der Waals surface area contributed by atoms with Crippen LogP contribution in [-0.2, 0) is 20.8 Å². The van der Waals surface area contributed by atoms with E-state index in [1.165, 1.54) is 4.90 Å². The fraction of sp³-hybridized carbons (Fsp3) is 0.500. The van der Waals surface area contributed by atoms with E-state index in [4.69, 9.17) is 23.2 Å². The van der Waals surface area contributed by atoms with Crippen molar-refractivity contribution in [3.05, 3.63) is 33.8 Å². The highest BCUT2D eigenvalue weighted by atomic mass is 35.5. The molecule has 1 aromatic carbocycles. The number of hydrogen-bond donors (Lipinski definition) is 1. The number of rotatable bonds is 7.